The van der Waals surface area contributed by atoms with Crippen LogP contribution in [-0.2, 0) is 9.53 Å². The molecule has 0 bridgehead atoms. The first-order chi connectivity index (χ1) is 13.3. The smallest absolute Gasteiger partial charge is 0.308 e. The van der Waals surface area contributed by atoms with Gasteiger partial charge in [0.1, 0.15) is 17.4 Å². The minimum atomic E-state index is -0.804. The van der Waals surface area contributed by atoms with Crippen molar-refractivity contribution >= 4 is 22.9 Å². The van der Waals surface area contributed by atoms with E-state index in [9.17, 15) is 10.1 Å². The van der Waals surface area contributed by atoms with E-state index in [0.717, 1.165) is 11.3 Å². The zero-order valence-electron chi connectivity index (χ0n) is 16.3. The number of rotatable bonds is 3. The van der Waals surface area contributed by atoms with Crippen LogP contribution in [0.25, 0.3) is 0 Å². The summed E-state index contributed by atoms with van der Waals surface area (Å²) in [5.41, 5.74) is 0.446. The summed E-state index contributed by atoms with van der Waals surface area (Å²) in [6, 6.07) is 6.98. The van der Waals surface area contributed by atoms with Gasteiger partial charge in [-0.1, -0.05) is 25.6 Å². The molecule has 0 radical (unpaired) electrons. The van der Waals surface area contributed by atoms with Crippen LogP contribution in [0.4, 0.5) is 0 Å². The Labute approximate surface area is 168 Å². The average Bonchev–Trinajstić information content (AvgIpc) is 3.09. The van der Waals surface area contributed by atoms with E-state index in [0.29, 0.717) is 23.0 Å². The van der Waals surface area contributed by atoms with Gasteiger partial charge in [0.15, 0.2) is 11.3 Å². The minimum absolute atomic E-state index is 0.288. The van der Waals surface area contributed by atoms with E-state index in [2.05, 4.69) is 11.1 Å². The molecule has 2 aliphatic rings. The number of hydrogen-bond donors (Lipinski definition) is 0. The van der Waals surface area contributed by atoms with Crippen LogP contribution in [0.5, 0.6) is 5.75 Å². The molecule has 28 heavy (non-hydrogen) atoms. The topological polar surface area (TPSA) is 98.7 Å². The van der Waals surface area contributed by atoms with Gasteiger partial charge in [-0.25, -0.2) is 0 Å². The van der Waals surface area contributed by atoms with Crippen LogP contribution in [0.1, 0.15) is 44.9 Å². The van der Waals surface area contributed by atoms with Gasteiger partial charge in [0.05, 0.1) is 17.6 Å². The molecule has 2 aliphatic heterocycles. The van der Waals surface area contributed by atoms with Crippen LogP contribution < -0.4 is 4.74 Å². The van der Waals surface area contributed by atoms with Crippen molar-refractivity contribution in [3.63, 3.8) is 0 Å². The number of fused-ring (bicyclic) bond motifs is 1. The lowest BCUT2D eigenvalue weighted by molar-refractivity contribution is -0.172. The predicted molar refractivity (Wildman–Crippen MR) is 106 cm³/mol. The summed E-state index contributed by atoms with van der Waals surface area (Å²) in [5, 5.41) is 19.0. The van der Waals surface area contributed by atoms with Gasteiger partial charge < -0.3 is 14.4 Å². The fourth-order valence-electron chi connectivity index (χ4n) is 3.44. The Hall–Kier alpha value is -2.71. The number of thioether (sulfide) groups is 1. The molecule has 0 unspecified atom stereocenters. The Balaban J connectivity index is 2.15. The minimum Gasteiger partial charge on any atom is -0.484 e. The van der Waals surface area contributed by atoms with E-state index >= 15 is 0 Å². The van der Waals surface area contributed by atoms with Crippen LogP contribution in [0.2, 0.25) is 0 Å². The Bertz CT molecular complexity index is 898. The molecule has 0 amide bonds. The number of carbonyl (C=O) groups is 1. The van der Waals surface area contributed by atoms with Gasteiger partial charge >= 0.3 is 5.97 Å². The number of esters is 1. The monoisotopic (exact) mass is 398 g/mol. The second-order valence-electron chi connectivity index (χ2n) is 7.56. The SMILES string of the molecule is CC(C)C(=O)O[C@H]1[C@H](N2CCS/C2=N/C#N)c2cc(C#N)ccc2OC1(C)C. The van der Waals surface area contributed by atoms with Crippen LogP contribution >= 0.6 is 11.8 Å². The fraction of sp³-hybridized carbons (Fsp3) is 0.500. The molecule has 0 N–H and O–H groups in total. The molecule has 3 rings (SSSR count). The van der Waals surface area contributed by atoms with E-state index in [4.69, 9.17) is 14.7 Å². The summed E-state index contributed by atoms with van der Waals surface area (Å²) in [5.74, 6) is 0.802. The van der Waals surface area contributed by atoms with Crippen molar-refractivity contribution < 1.29 is 14.3 Å². The standard InChI is InChI=1S/C20H22N4O3S/c1-12(2)18(25)26-17-16(24-7-8-28-19(24)23-11-22)14-9-13(10-21)5-6-15(14)27-20(17,3)4/h5-6,9,12,16-17H,7-8H2,1-4H3/b23-19+/t16-,17+/m1/s1. The molecule has 7 nitrogen and oxygen atoms in total. The second-order valence-corrected chi connectivity index (χ2v) is 8.63. The van der Waals surface area contributed by atoms with Gasteiger partial charge in [0, 0.05) is 17.9 Å². The van der Waals surface area contributed by atoms with Crippen molar-refractivity contribution in [2.75, 3.05) is 12.3 Å². The predicted octanol–water partition coefficient (Wildman–Crippen LogP) is 3.22. The maximum Gasteiger partial charge on any atom is 0.308 e. The van der Waals surface area contributed by atoms with E-state index in [1.807, 2.05) is 24.9 Å². The summed E-state index contributed by atoms with van der Waals surface area (Å²) >= 11 is 1.49. The highest BCUT2D eigenvalue weighted by molar-refractivity contribution is 8.14. The average molecular weight is 398 g/mol. The van der Waals surface area contributed by atoms with E-state index in [-0.39, 0.29) is 11.9 Å². The summed E-state index contributed by atoms with van der Waals surface area (Å²) in [4.78, 5) is 18.4. The number of aliphatic imine (C=N–C) groups is 1. The second kappa shape index (κ2) is 7.73. The van der Waals surface area contributed by atoms with Crippen molar-refractivity contribution in [1.82, 2.24) is 4.90 Å². The maximum atomic E-state index is 12.5. The molecule has 0 saturated carbocycles. The van der Waals surface area contributed by atoms with E-state index in [1.54, 1.807) is 32.0 Å². The number of nitrogens with zero attached hydrogens (tertiary/aromatic N) is 4. The molecular formula is C20H22N4O3S. The lowest BCUT2D eigenvalue weighted by Gasteiger charge is -2.47. The first-order valence-corrected chi connectivity index (χ1v) is 10.1. The third kappa shape index (κ3) is 3.65. The molecule has 8 heteroatoms. The van der Waals surface area contributed by atoms with Crippen LogP contribution in [0.15, 0.2) is 23.2 Å². The fourth-order valence-corrected chi connectivity index (χ4v) is 4.38. The van der Waals surface area contributed by atoms with E-state index < -0.39 is 17.7 Å². The molecule has 0 spiro atoms. The molecule has 1 aromatic rings. The van der Waals surface area contributed by atoms with Crippen LogP contribution in [0.3, 0.4) is 0 Å². The third-order valence-corrected chi connectivity index (χ3v) is 5.78. The Morgan fingerprint density at radius 1 is 1.43 bits per heavy atom. The number of nitriles is 2. The summed E-state index contributed by atoms with van der Waals surface area (Å²) < 4.78 is 12.1. The first kappa shape index (κ1) is 20.0. The highest BCUT2D eigenvalue weighted by Gasteiger charge is 2.50. The number of hydrogen-bond acceptors (Lipinski definition) is 7. The van der Waals surface area contributed by atoms with Crippen molar-refractivity contribution in [1.29, 1.82) is 10.5 Å². The van der Waals surface area contributed by atoms with Gasteiger partial charge in [-0.2, -0.15) is 10.5 Å². The molecule has 0 aromatic heterocycles. The maximum absolute atomic E-state index is 12.5. The number of benzene rings is 1. The van der Waals surface area contributed by atoms with Gasteiger partial charge in [0.2, 0.25) is 6.19 Å². The summed E-state index contributed by atoms with van der Waals surface area (Å²) in [6.07, 6.45) is 1.22. The van der Waals surface area contributed by atoms with Gasteiger partial charge in [-0.15, -0.1) is 4.99 Å². The zero-order chi connectivity index (χ0) is 20.5. The highest BCUT2D eigenvalue weighted by atomic mass is 32.2. The van der Waals surface area contributed by atoms with Gasteiger partial charge in [-0.05, 0) is 32.0 Å². The lowest BCUT2D eigenvalue weighted by Crippen LogP contribution is -2.56. The van der Waals surface area contributed by atoms with Crippen LogP contribution in [0, 0.1) is 28.7 Å². The quantitative estimate of drug-likeness (QED) is 0.569. The Morgan fingerprint density at radius 2 is 2.18 bits per heavy atom. The van der Waals surface area contributed by atoms with Crippen molar-refractivity contribution in [2.24, 2.45) is 10.9 Å². The molecule has 2 atom stereocenters. The van der Waals surface area contributed by atoms with Crippen molar-refractivity contribution in [3.8, 4) is 18.0 Å². The van der Waals surface area contributed by atoms with Gasteiger partial charge in [-0.3, -0.25) is 4.79 Å². The Kier molecular flexibility index (Phi) is 5.53. The highest BCUT2D eigenvalue weighted by Crippen LogP contribution is 2.46. The largest absolute Gasteiger partial charge is 0.484 e. The summed E-state index contributed by atoms with van der Waals surface area (Å²) in [7, 11) is 0. The first-order valence-electron chi connectivity index (χ1n) is 9.08. The number of amidine groups is 1. The zero-order valence-corrected chi connectivity index (χ0v) is 17.1. The van der Waals surface area contributed by atoms with Crippen molar-refractivity contribution in [3.05, 3.63) is 29.3 Å². The van der Waals surface area contributed by atoms with Gasteiger partial charge in [0.25, 0.3) is 0 Å². The molecule has 0 aliphatic carbocycles. The molecule has 1 fully saturated rings. The molecule has 2 heterocycles. The third-order valence-electron chi connectivity index (χ3n) is 4.81. The number of carbonyl (C=O) groups excluding carboxylic acids is 1. The van der Waals surface area contributed by atoms with Crippen LogP contribution in [-0.4, -0.2) is 40.0 Å². The van der Waals surface area contributed by atoms with Crippen molar-refractivity contribution in [2.45, 2.75) is 45.4 Å². The molecule has 146 valence electrons. The normalized spacial score (nSPS) is 24.2. The molecule has 1 aromatic carbocycles. The van der Waals surface area contributed by atoms with E-state index in [1.165, 1.54) is 11.8 Å². The Morgan fingerprint density at radius 3 is 2.82 bits per heavy atom. The lowest BCUT2D eigenvalue weighted by atomic mass is 9.84. The summed E-state index contributed by atoms with van der Waals surface area (Å²) in [6.45, 7) is 7.97. The molecule has 1 saturated heterocycles. The number of ether oxygens (including phenoxy) is 2. The molecular weight excluding hydrogens is 376 g/mol.